The predicted molar refractivity (Wildman–Crippen MR) is 105 cm³/mol. The third-order valence-electron chi connectivity index (χ3n) is 4.35. The number of hydroxylamine groups is 2. The minimum Gasteiger partial charge on any atom is -0.366 e. The summed E-state index contributed by atoms with van der Waals surface area (Å²) < 4.78 is 0. The van der Waals surface area contributed by atoms with Gasteiger partial charge >= 0.3 is 0 Å². The Bertz CT molecular complexity index is 698. The highest BCUT2D eigenvalue weighted by atomic mass is 16.7. The van der Waals surface area contributed by atoms with E-state index in [1.807, 2.05) is 24.5 Å². The molecule has 0 saturated carbocycles. The highest BCUT2D eigenvalue weighted by molar-refractivity contribution is 5.63. The summed E-state index contributed by atoms with van der Waals surface area (Å²) in [6.07, 6.45) is 1.89. The van der Waals surface area contributed by atoms with Gasteiger partial charge in [0.25, 0.3) is 0 Å². The SMILES string of the molecule is CCN(C)C=Nc1cc(C)c(CN(Cc2ccccc2)OC)cc1C. The van der Waals surface area contributed by atoms with Gasteiger partial charge in [0, 0.05) is 26.7 Å². The summed E-state index contributed by atoms with van der Waals surface area (Å²) >= 11 is 0. The third kappa shape index (κ3) is 5.69. The largest absolute Gasteiger partial charge is 0.366 e. The summed E-state index contributed by atoms with van der Waals surface area (Å²) in [5, 5.41) is 1.98. The summed E-state index contributed by atoms with van der Waals surface area (Å²) in [6, 6.07) is 14.7. The summed E-state index contributed by atoms with van der Waals surface area (Å²) in [5.74, 6) is 0. The number of rotatable bonds is 8. The fraction of sp³-hybridized carbons (Fsp3) is 0.381. The Kier molecular flexibility index (Phi) is 7.16. The molecule has 0 radical (unpaired) electrons. The van der Waals surface area contributed by atoms with Crippen molar-refractivity contribution in [2.75, 3.05) is 20.7 Å². The number of nitrogens with zero attached hydrogens (tertiary/aromatic N) is 3. The number of benzene rings is 2. The molecule has 0 unspecified atom stereocenters. The topological polar surface area (TPSA) is 28.1 Å². The molecule has 0 aliphatic rings. The predicted octanol–water partition coefficient (Wildman–Crippen LogP) is 4.48. The van der Waals surface area contributed by atoms with Crippen molar-refractivity contribution < 1.29 is 4.84 Å². The van der Waals surface area contributed by atoms with Gasteiger partial charge in [-0.1, -0.05) is 36.4 Å². The van der Waals surface area contributed by atoms with Crippen LogP contribution in [0.1, 0.15) is 29.2 Å². The van der Waals surface area contributed by atoms with Crippen LogP contribution in [0.5, 0.6) is 0 Å². The minimum absolute atomic E-state index is 0.747. The molecule has 2 aromatic carbocycles. The zero-order valence-electron chi connectivity index (χ0n) is 16.0. The second-order valence-electron chi connectivity index (χ2n) is 6.35. The Labute approximate surface area is 151 Å². The van der Waals surface area contributed by atoms with Crippen molar-refractivity contribution in [3.8, 4) is 0 Å². The Morgan fingerprint density at radius 1 is 1.04 bits per heavy atom. The maximum Gasteiger partial charge on any atom is 0.0909 e. The highest BCUT2D eigenvalue weighted by Gasteiger charge is 2.10. The third-order valence-corrected chi connectivity index (χ3v) is 4.35. The lowest BCUT2D eigenvalue weighted by Crippen LogP contribution is -2.22. The van der Waals surface area contributed by atoms with Crippen molar-refractivity contribution in [1.82, 2.24) is 9.96 Å². The molecule has 0 aromatic heterocycles. The maximum absolute atomic E-state index is 5.57. The van der Waals surface area contributed by atoms with Crippen LogP contribution in [0.3, 0.4) is 0 Å². The summed E-state index contributed by atoms with van der Waals surface area (Å²) in [6.45, 7) is 8.80. The molecule has 0 N–H and O–H groups in total. The van der Waals surface area contributed by atoms with Gasteiger partial charge in [0.2, 0.25) is 0 Å². The van der Waals surface area contributed by atoms with Crippen LogP contribution in [-0.4, -0.2) is 37.0 Å². The lowest BCUT2D eigenvalue weighted by atomic mass is 10.0. The molecule has 0 aliphatic carbocycles. The first-order valence-corrected chi connectivity index (χ1v) is 8.71. The Morgan fingerprint density at radius 3 is 2.40 bits per heavy atom. The van der Waals surface area contributed by atoms with Crippen molar-refractivity contribution in [3.05, 3.63) is 64.7 Å². The van der Waals surface area contributed by atoms with Gasteiger partial charge < -0.3 is 9.74 Å². The van der Waals surface area contributed by atoms with Crippen LogP contribution in [0.15, 0.2) is 47.5 Å². The van der Waals surface area contributed by atoms with Crippen molar-refractivity contribution in [1.29, 1.82) is 0 Å². The van der Waals surface area contributed by atoms with Gasteiger partial charge in [0.1, 0.15) is 0 Å². The van der Waals surface area contributed by atoms with Crippen molar-refractivity contribution >= 4 is 12.0 Å². The van der Waals surface area contributed by atoms with E-state index < -0.39 is 0 Å². The molecule has 2 rings (SSSR count). The van der Waals surface area contributed by atoms with Crippen molar-refractivity contribution in [2.45, 2.75) is 33.9 Å². The van der Waals surface area contributed by atoms with E-state index in [2.05, 4.69) is 67.1 Å². The summed E-state index contributed by atoms with van der Waals surface area (Å²) in [4.78, 5) is 12.2. The van der Waals surface area contributed by atoms with Gasteiger partial charge in [-0.15, -0.1) is 0 Å². The summed E-state index contributed by atoms with van der Waals surface area (Å²) in [7, 11) is 3.75. The lowest BCUT2D eigenvalue weighted by molar-refractivity contribution is -0.146. The van der Waals surface area contributed by atoms with Crippen LogP contribution in [0.4, 0.5) is 5.69 Å². The average molecular weight is 339 g/mol. The Balaban J connectivity index is 2.13. The molecule has 0 spiro atoms. The Morgan fingerprint density at radius 2 is 1.76 bits per heavy atom. The smallest absolute Gasteiger partial charge is 0.0909 e. The van der Waals surface area contributed by atoms with Gasteiger partial charge in [0.15, 0.2) is 0 Å². The second-order valence-corrected chi connectivity index (χ2v) is 6.35. The average Bonchev–Trinajstić information content (AvgIpc) is 2.63. The number of aliphatic imine (C=N–C) groups is 1. The van der Waals surface area contributed by atoms with Crippen molar-refractivity contribution in [3.63, 3.8) is 0 Å². The first-order chi connectivity index (χ1) is 12.0. The molecular formula is C21H29N3O. The Hall–Kier alpha value is -2.17. The molecule has 25 heavy (non-hydrogen) atoms. The maximum atomic E-state index is 5.57. The van der Waals surface area contributed by atoms with E-state index in [-0.39, 0.29) is 0 Å². The normalized spacial score (nSPS) is 11.4. The summed E-state index contributed by atoms with van der Waals surface area (Å²) in [5.41, 5.74) is 5.93. The van der Waals surface area contributed by atoms with E-state index in [0.717, 1.165) is 25.3 Å². The van der Waals surface area contributed by atoms with Crippen molar-refractivity contribution in [2.24, 2.45) is 4.99 Å². The van der Waals surface area contributed by atoms with Gasteiger partial charge in [-0.2, -0.15) is 5.06 Å². The molecule has 0 bridgehead atoms. The second kappa shape index (κ2) is 9.35. The van der Waals surface area contributed by atoms with Crippen LogP contribution < -0.4 is 0 Å². The van der Waals surface area contributed by atoms with Crippen LogP contribution in [0.25, 0.3) is 0 Å². The van der Waals surface area contributed by atoms with E-state index in [9.17, 15) is 0 Å². The molecule has 0 aliphatic heterocycles. The minimum atomic E-state index is 0.747. The highest BCUT2D eigenvalue weighted by Crippen LogP contribution is 2.24. The van der Waals surface area contributed by atoms with Gasteiger partial charge in [-0.25, -0.2) is 4.99 Å². The van der Waals surface area contributed by atoms with Crippen LogP contribution in [0.2, 0.25) is 0 Å². The molecule has 0 amide bonds. The van der Waals surface area contributed by atoms with Gasteiger partial charge in [-0.3, -0.25) is 0 Å². The molecule has 2 aromatic rings. The van der Waals surface area contributed by atoms with E-state index in [0.29, 0.717) is 0 Å². The lowest BCUT2D eigenvalue weighted by Gasteiger charge is -2.21. The van der Waals surface area contributed by atoms with E-state index >= 15 is 0 Å². The first-order valence-electron chi connectivity index (χ1n) is 8.71. The van der Waals surface area contributed by atoms with Crippen LogP contribution in [0, 0.1) is 13.8 Å². The number of hydrogen-bond acceptors (Lipinski definition) is 3. The van der Waals surface area contributed by atoms with Gasteiger partial charge in [-0.05, 0) is 49.1 Å². The van der Waals surface area contributed by atoms with Crippen LogP contribution >= 0.6 is 0 Å². The first kappa shape index (κ1) is 19.2. The quantitative estimate of drug-likeness (QED) is 0.403. The van der Waals surface area contributed by atoms with Gasteiger partial charge in [0.05, 0.1) is 19.1 Å². The number of hydrogen-bond donors (Lipinski definition) is 0. The molecular weight excluding hydrogens is 310 g/mol. The molecule has 4 nitrogen and oxygen atoms in total. The standard InChI is InChI=1S/C21H29N3O/c1-6-23(4)16-22-21-13-17(2)20(12-18(21)3)15-24(25-5)14-19-10-8-7-9-11-19/h7-13,16H,6,14-15H2,1-5H3. The van der Waals surface area contributed by atoms with E-state index in [1.54, 1.807) is 7.11 Å². The monoisotopic (exact) mass is 339 g/mol. The number of aryl methyl sites for hydroxylation is 2. The van der Waals surface area contributed by atoms with E-state index in [1.165, 1.54) is 22.3 Å². The molecule has 0 atom stereocenters. The molecule has 0 saturated heterocycles. The molecule has 4 heteroatoms. The van der Waals surface area contributed by atoms with E-state index in [4.69, 9.17) is 4.84 Å². The fourth-order valence-electron chi connectivity index (χ4n) is 2.57. The molecule has 0 heterocycles. The molecule has 0 fully saturated rings. The fourth-order valence-corrected chi connectivity index (χ4v) is 2.57. The van der Waals surface area contributed by atoms with Crippen LogP contribution in [-0.2, 0) is 17.9 Å². The zero-order valence-corrected chi connectivity index (χ0v) is 16.0. The zero-order chi connectivity index (χ0) is 18.2. The molecule has 134 valence electrons.